The van der Waals surface area contributed by atoms with E-state index in [9.17, 15) is 9.59 Å². The van der Waals surface area contributed by atoms with Crippen molar-refractivity contribution in [3.8, 4) is 5.69 Å². The van der Waals surface area contributed by atoms with Crippen LogP contribution in [0.25, 0.3) is 5.69 Å². The molecule has 1 amide bonds. The summed E-state index contributed by atoms with van der Waals surface area (Å²) in [5.41, 5.74) is 1.86. The van der Waals surface area contributed by atoms with Crippen LogP contribution in [0.2, 0.25) is 0 Å². The topological polar surface area (TPSA) is 58.1 Å². The first kappa shape index (κ1) is 12.2. The molecule has 1 aromatic heterocycles. The standard InChI is InChI=1S/C13H15N3O2/c1-9-4-6-10(7-5-9)16-12(17)8-11(14-16)13(18)15(2)3/h4-8,14H,1-3H3. The summed E-state index contributed by atoms with van der Waals surface area (Å²) in [6, 6.07) is 8.79. The molecular formula is C13H15N3O2. The lowest BCUT2D eigenvalue weighted by Crippen LogP contribution is -2.22. The molecule has 0 saturated heterocycles. The Balaban J connectivity index is 2.44. The van der Waals surface area contributed by atoms with Crippen LogP contribution >= 0.6 is 0 Å². The van der Waals surface area contributed by atoms with Crippen molar-refractivity contribution in [2.24, 2.45) is 0 Å². The fraction of sp³-hybridized carbons (Fsp3) is 0.231. The van der Waals surface area contributed by atoms with Gasteiger partial charge in [-0.25, -0.2) is 4.68 Å². The van der Waals surface area contributed by atoms with E-state index >= 15 is 0 Å². The third-order valence-electron chi connectivity index (χ3n) is 2.65. The summed E-state index contributed by atoms with van der Waals surface area (Å²) in [6.45, 7) is 1.97. The number of rotatable bonds is 2. The summed E-state index contributed by atoms with van der Waals surface area (Å²) in [5.74, 6) is -0.224. The molecule has 1 N–H and O–H groups in total. The second kappa shape index (κ2) is 4.52. The van der Waals surface area contributed by atoms with E-state index in [2.05, 4.69) is 5.10 Å². The van der Waals surface area contributed by atoms with Gasteiger partial charge in [-0.1, -0.05) is 17.7 Å². The number of H-pyrrole nitrogens is 1. The molecule has 18 heavy (non-hydrogen) atoms. The molecule has 0 bridgehead atoms. The number of nitrogens with one attached hydrogen (secondary N) is 1. The Morgan fingerprint density at radius 2 is 1.83 bits per heavy atom. The van der Waals surface area contributed by atoms with Gasteiger partial charge in [0.15, 0.2) is 0 Å². The fourth-order valence-electron chi connectivity index (χ4n) is 1.63. The first-order valence-electron chi connectivity index (χ1n) is 5.60. The predicted molar refractivity (Wildman–Crippen MR) is 69.1 cm³/mol. The Bertz CT molecular complexity index is 620. The molecule has 0 aliphatic heterocycles. The maximum absolute atomic E-state index is 11.8. The van der Waals surface area contributed by atoms with Crippen molar-refractivity contribution < 1.29 is 4.79 Å². The number of aryl methyl sites for hydroxylation is 1. The van der Waals surface area contributed by atoms with Gasteiger partial charge in [0.25, 0.3) is 11.5 Å². The number of aromatic nitrogens is 2. The molecule has 94 valence electrons. The fourth-order valence-corrected chi connectivity index (χ4v) is 1.63. The van der Waals surface area contributed by atoms with Crippen LogP contribution in [0, 0.1) is 6.92 Å². The highest BCUT2D eigenvalue weighted by atomic mass is 16.2. The number of amides is 1. The number of hydrogen-bond acceptors (Lipinski definition) is 2. The van der Waals surface area contributed by atoms with E-state index in [1.54, 1.807) is 14.1 Å². The Morgan fingerprint density at radius 3 is 2.39 bits per heavy atom. The molecule has 1 aromatic carbocycles. The molecule has 2 rings (SSSR count). The van der Waals surface area contributed by atoms with E-state index in [0.717, 1.165) is 5.56 Å². The highest BCUT2D eigenvalue weighted by Gasteiger charge is 2.13. The highest BCUT2D eigenvalue weighted by molar-refractivity contribution is 5.91. The van der Waals surface area contributed by atoms with Gasteiger partial charge in [-0.3, -0.25) is 14.7 Å². The maximum atomic E-state index is 11.8. The van der Waals surface area contributed by atoms with Crippen molar-refractivity contribution >= 4 is 5.91 Å². The summed E-state index contributed by atoms with van der Waals surface area (Å²) >= 11 is 0. The second-order valence-corrected chi connectivity index (χ2v) is 4.38. The molecule has 0 unspecified atom stereocenters. The lowest BCUT2D eigenvalue weighted by Gasteiger charge is -2.08. The van der Waals surface area contributed by atoms with Crippen LogP contribution in [0.1, 0.15) is 16.1 Å². The summed E-state index contributed by atoms with van der Waals surface area (Å²) in [4.78, 5) is 25.0. The number of benzene rings is 1. The third kappa shape index (κ3) is 2.20. The maximum Gasteiger partial charge on any atom is 0.271 e. The first-order valence-corrected chi connectivity index (χ1v) is 5.60. The van der Waals surface area contributed by atoms with Crippen molar-refractivity contribution in [1.29, 1.82) is 0 Å². The number of hydrogen-bond donors (Lipinski definition) is 1. The Labute approximate surface area is 105 Å². The summed E-state index contributed by atoms with van der Waals surface area (Å²) in [6.07, 6.45) is 0. The molecule has 0 radical (unpaired) electrons. The Kier molecular flexibility index (Phi) is 3.06. The van der Waals surface area contributed by atoms with Gasteiger partial charge in [-0.15, -0.1) is 0 Å². The molecule has 0 spiro atoms. The van der Waals surface area contributed by atoms with Gasteiger partial charge in [-0.2, -0.15) is 0 Å². The van der Waals surface area contributed by atoms with Gasteiger partial charge < -0.3 is 4.90 Å². The molecular weight excluding hydrogens is 230 g/mol. The second-order valence-electron chi connectivity index (χ2n) is 4.38. The smallest absolute Gasteiger partial charge is 0.271 e. The van der Waals surface area contributed by atoms with Crippen molar-refractivity contribution in [2.75, 3.05) is 14.1 Å². The van der Waals surface area contributed by atoms with Crippen LogP contribution in [0.4, 0.5) is 0 Å². The van der Waals surface area contributed by atoms with E-state index in [1.807, 2.05) is 31.2 Å². The van der Waals surface area contributed by atoms with E-state index in [4.69, 9.17) is 0 Å². The lowest BCUT2D eigenvalue weighted by molar-refractivity contribution is 0.0821. The zero-order chi connectivity index (χ0) is 13.3. The van der Waals surface area contributed by atoms with E-state index < -0.39 is 0 Å². The van der Waals surface area contributed by atoms with Crippen LogP contribution in [-0.2, 0) is 0 Å². The van der Waals surface area contributed by atoms with E-state index in [1.165, 1.54) is 15.6 Å². The zero-order valence-electron chi connectivity index (χ0n) is 10.6. The molecule has 0 atom stereocenters. The monoisotopic (exact) mass is 245 g/mol. The van der Waals surface area contributed by atoms with Gasteiger partial charge in [0.05, 0.1) is 5.69 Å². The van der Waals surface area contributed by atoms with Crippen LogP contribution in [0.5, 0.6) is 0 Å². The van der Waals surface area contributed by atoms with E-state index in [0.29, 0.717) is 5.69 Å². The normalized spacial score (nSPS) is 10.4. The minimum atomic E-state index is -0.246. The zero-order valence-corrected chi connectivity index (χ0v) is 10.6. The van der Waals surface area contributed by atoms with Gasteiger partial charge in [-0.05, 0) is 19.1 Å². The molecule has 5 nitrogen and oxygen atoms in total. The van der Waals surface area contributed by atoms with Crippen LogP contribution in [0.3, 0.4) is 0 Å². The number of carbonyl (C=O) groups is 1. The average molecular weight is 245 g/mol. The molecule has 0 aliphatic carbocycles. The van der Waals surface area contributed by atoms with Crippen molar-refractivity contribution in [2.45, 2.75) is 6.92 Å². The SMILES string of the molecule is Cc1ccc(-n2[nH]c(C(=O)N(C)C)cc2=O)cc1. The molecule has 5 heteroatoms. The molecule has 0 saturated carbocycles. The van der Waals surface area contributed by atoms with Crippen LogP contribution in [-0.4, -0.2) is 34.7 Å². The quantitative estimate of drug-likeness (QED) is 0.863. The summed E-state index contributed by atoms with van der Waals surface area (Å²) in [5, 5.41) is 2.81. The summed E-state index contributed by atoms with van der Waals surface area (Å²) < 4.78 is 1.36. The van der Waals surface area contributed by atoms with Crippen molar-refractivity contribution in [3.63, 3.8) is 0 Å². The molecule has 2 aromatic rings. The highest BCUT2D eigenvalue weighted by Crippen LogP contribution is 2.07. The summed E-state index contributed by atoms with van der Waals surface area (Å²) in [7, 11) is 3.29. The van der Waals surface area contributed by atoms with Crippen molar-refractivity contribution in [3.05, 3.63) is 51.9 Å². The molecule has 0 fully saturated rings. The Hall–Kier alpha value is -2.30. The lowest BCUT2D eigenvalue weighted by atomic mass is 10.2. The van der Waals surface area contributed by atoms with Gasteiger partial charge in [0.1, 0.15) is 5.69 Å². The van der Waals surface area contributed by atoms with Gasteiger partial charge >= 0.3 is 0 Å². The number of nitrogens with zero attached hydrogens (tertiary/aromatic N) is 2. The number of aromatic amines is 1. The molecule has 1 heterocycles. The average Bonchev–Trinajstić information content (AvgIpc) is 2.71. The van der Waals surface area contributed by atoms with Crippen LogP contribution in [0.15, 0.2) is 35.1 Å². The Morgan fingerprint density at radius 1 is 1.22 bits per heavy atom. The third-order valence-corrected chi connectivity index (χ3v) is 2.65. The number of carbonyl (C=O) groups excluding carboxylic acids is 1. The van der Waals surface area contributed by atoms with Gasteiger partial charge in [0.2, 0.25) is 0 Å². The first-order chi connectivity index (χ1) is 8.49. The van der Waals surface area contributed by atoms with Crippen molar-refractivity contribution in [1.82, 2.24) is 14.7 Å². The minimum absolute atomic E-state index is 0.224. The largest absolute Gasteiger partial charge is 0.343 e. The minimum Gasteiger partial charge on any atom is -0.343 e. The molecule has 0 aliphatic rings. The van der Waals surface area contributed by atoms with Gasteiger partial charge in [0, 0.05) is 20.2 Å². The predicted octanol–water partition coefficient (Wildman–Crippen LogP) is 1.18. The van der Waals surface area contributed by atoms with Crippen LogP contribution < -0.4 is 5.56 Å². The van der Waals surface area contributed by atoms with E-state index in [-0.39, 0.29) is 17.2 Å².